The van der Waals surface area contributed by atoms with E-state index in [0.29, 0.717) is 11.3 Å². The molecule has 3 N–H and O–H groups in total. The van der Waals surface area contributed by atoms with Crippen molar-refractivity contribution in [3.05, 3.63) is 77.5 Å². The summed E-state index contributed by atoms with van der Waals surface area (Å²) in [6, 6.07) is 11.2. The normalized spacial score (nSPS) is 11.6. The van der Waals surface area contributed by atoms with Crippen LogP contribution in [0.3, 0.4) is 0 Å². The number of nitrogens with one attached hydrogen (secondary N) is 3. The SMILES string of the molecule is Cc1cc(C)n(CC(=O)NNC(=O)/C=C/c2ccc(S(=O)(=O)NCc3ccco3)cc2)n1. The van der Waals surface area contributed by atoms with Crippen molar-refractivity contribution in [1.29, 1.82) is 0 Å². The summed E-state index contributed by atoms with van der Waals surface area (Å²) >= 11 is 0. The lowest BCUT2D eigenvalue weighted by Gasteiger charge is -2.07. The molecule has 0 aliphatic heterocycles. The summed E-state index contributed by atoms with van der Waals surface area (Å²) in [5, 5.41) is 4.18. The van der Waals surface area contributed by atoms with Crippen LogP contribution in [0, 0.1) is 13.8 Å². The molecule has 168 valence electrons. The molecule has 2 aromatic heterocycles. The van der Waals surface area contributed by atoms with Crippen LogP contribution in [0.2, 0.25) is 0 Å². The van der Waals surface area contributed by atoms with Crippen molar-refractivity contribution < 1.29 is 22.4 Å². The van der Waals surface area contributed by atoms with E-state index in [1.165, 1.54) is 35.2 Å². The predicted octanol–water partition coefficient (Wildman–Crippen LogP) is 1.43. The second-order valence-corrected chi connectivity index (χ2v) is 8.70. The summed E-state index contributed by atoms with van der Waals surface area (Å²) in [4.78, 5) is 23.9. The van der Waals surface area contributed by atoms with Crippen LogP contribution in [0.5, 0.6) is 0 Å². The first-order valence-corrected chi connectivity index (χ1v) is 11.1. The molecule has 32 heavy (non-hydrogen) atoms. The Morgan fingerprint density at radius 1 is 1.12 bits per heavy atom. The van der Waals surface area contributed by atoms with E-state index in [9.17, 15) is 18.0 Å². The lowest BCUT2D eigenvalue weighted by atomic mass is 10.2. The zero-order valence-electron chi connectivity index (χ0n) is 17.5. The van der Waals surface area contributed by atoms with Gasteiger partial charge in [0.1, 0.15) is 12.3 Å². The van der Waals surface area contributed by atoms with Gasteiger partial charge in [0.05, 0.1) is 23.4 Å². The number of aromatic nitrogens is 2. The van der Waals surface area contributed by atoms with E-state index < -0.39 is 21.8 Å². The van der Waals surface area contributed by atoms with Crippen LogP contribution >= 0.6 is 0 Å². The number of amides is 2. The second kappa shape index (κ2) is 10.1. The van der Waals surface area contributed by atoms with E-state index in [2.05, 4.69) is 20.7 Å². The average Bonchev–Trinajstić information content (AvgIpc) is 3.39. The number of hydrogen-bond donors (Lipinski definition) is 3. The Kier molecular flexibility index (Phi) is 7.23. The number of aryl methyl sites for hydroxylation is 2. The maximum atomic E-state index is 12.3. The molecule has 10 nitrogen and oxygen atoms in total. The molecule has 0 spiro atoms. The Hall–Kier alpha value is -3.70. The molecule has 0 aliphatic rings. The van der Waals surface area contributed by atoms with Crippen LogP contribution in [0.1, 0.15) is 22.7 Å². The first kappa shape index (κ1) is 23.0. The fourth-order valence-electron chi connectivity index (χ4n) is 2.78. The lowest BCUT2D eigenvalue weighted by molar-refractivity contribution is -0.127. The largest absolute Gasteiger partial charge is 0.468 e. The smallest absolute Gasteiger partial charge is 0.262 e. The van der Waals surface area contributed by atoms with Gasteiger partial charge >= 0.3 is 0 Å². The number of furan rings is 1. The second-order valence-electron chi connectivity index (χ2n) is 6.93. The molecular weight excluding hydrogens is 434 g/mol. The number of benzene rings is 1. The number of hydrogen-bond acceptors (Lipinski definition) is 6. The van der Waals surface area contributed by atoms with Gasteiger partial charge in [-0.1, -0.05) is 12.1 Å². The van der Waals surface area contributed by atoms with Crippen LogP contribution < -0.4 is 15.6 Å². The molecule has 0 unspecified atom stereocenters. The van der Waals surface area contributed by atoms with E-state index in [4.69, 9.17) is 4.42 Å². The Labute approximate surface area is 185 Å². The van der Waals surface area contributed by atoms with Crippen LogP contribution in [0.25, 0.3) is 6.08 Å². The zero-order valence-corrected chi connectivity index (χ0v) is 18.3. The molecule has 1 aromatic carbocycles. The van der Waals surface area contributed by atoms with E-state index in [1.54, 1.807) is 24.3 Å². The van der Waals surface area contributed by atoms with Gasteiger partial charge < -0.3 is 4.42 Å². The number of hydrazine groups is 1. The number of nitrogens with zero attached hydrogens (tertiary/aromatic N) is 2. The molecule has 11 heteroatoms. The van der Waals surface area contributed by atoms with Crippen molar-refractivity contribution in [2.45, 2.75) is 31.8 Å². The molecule has 3 rings (SSSR count). The summed E-state index contributed by atoms with van der Waals surface area (Å²) in [6.07, 6.45) is 4.19. The van der Waals surface area contributed by atoms with Gasteiger partial charge in [-0.2, -0.15) is 5.10 Å². The summed E-state index contributed by atoms with van der Waals surface area (Å²) in [5.74, 6) is -0.459. The quantitative estimate of drug-likeness (QED) is 0.346. The zero-order chi connectivity index (χ0) is 23.1. The Morgan fingerprint density at radius 2 is 1.88 bits per heavy atom. The Balaban J connectivity index is 1.48. The number of rotatable bonds is 8. The van der Waals surface area contributed by atoms with Crippen molar-refractivity contribution in [3.8, 4) is 0 Å². The fourth-order valence-corrected chi connectivity index (χ4v) is 3.77. The number of sulfonamides is 1. The summed E-state index contributed by atoms with van der Waals surface area (Å²) in [7, 11) is -3.70. The molecule has 0 saturated heterocycles. The van der Waals surface area contributed by atoms with E-state index >= 15 is 0 Å². The van der Waals surface area contributed by atoms with Crippen LogP contribution in [0.15, 0.2) is 64.1 Å². The van der Waals surface area contributed by atoms with Gasteiger partial charge in [-0.25, -0.2) is 13.1 Å². The van der Waals surface area contributed by atoms with Crippen molar-refractivity contribution in [2.24, 2.45) is 0 Å². The Bertz CT molecular complexity index is 1210. The molecule has 0 bridgehead atoms. The van der Waals surface area contributed by atoms with Crippen molar-refractivity contribution in [3.63, 3.8) is 0 Å². The van der Waals surface area contributed by atoms with E-state index in [0.717, 1.165) is 11.4 Å². The van der Waals surface area contributed by atoms with E-state index in [-0.39, 0.29) is 18.0 Å². The highest BCUT2D eigenvalue weighted by molar-refractivity contribution is 7.89. The van der Waals surface area contributed by atoms with Gasteiger partial charge in [0.2, 0.25) is 10.0 Å². The number of carbonyl (C=O) groups excluding carboxylic acids is 2. The third kappa shape index (κ3) is 6.40. The molecule has 0 saturated carbocycles. The maximum Gasteiger partial charge on any atom is 0.262 e. The highest BCUT2D eigenvalue weighted by Crippen LogP contribution is 2.12. The van der Waals surface area contributed by atoms with Gasteiger partial charge in [0.15, 0.2) is 0 Å². The van der Waals surface area contributed by atoms with Crippen molar-refractivity contribution >= 4 is 27.9 Å². The van der Waals surface area contributed by atoms with Crippen LogP contribution in [0.4, 0.5) is 0 Å². The summed E-state index contributed by atoms with van der Waals surface area (Å²) in [6.45, 7) is 3.68. The molecule has 2 amide bonds. The maximum absolute atomic E-state index is 12.3. The molecule has 0 fully saturated rings. The highest BCUT2D eigenvalue weighted by Gasteiger charge is 2.14. The van der Waals surface area contributed by atoms with Crippen molar-refractivity contribution in [1.82, 2.24) is 25.4 Å². The molecule has 3 aromatic rings. The highest BCUT2D eigenvalue weighted by atomic mass is 32.2. The first-order chi connectivity index (χ1) is 15.2. The fraction of sp³-hybridized carbons (Fsp3) is 0.190. The third-order valence-corrected chi connectivity index (χ3v) is 5.77. The van der Waals surface area contributed by atoms with Crippen LogP contribution in [-0.4, -0.2) is 30.0 Å². The summed E-state index contributed by atoms with van der Waals surface area (Å²) in [5.41, 5.74) is 6.85. The standard InChI is InChI=1S/C21H23N5O5S/c1-15-12-16(2)26(25-15)14-21(28)24-23-20(27)10-7-17-5-8-19(9-6-17)32(29,30)22-13-18-4-3-11-31-18/h3-12,22H,13-14H2,1-2H3,(H,23,27)(H,24,28)/b10-7+. The summed E-state index contributed by atoms with van der Waals surface area (Å²) < 4.78 is 33.7. The lowest BCUT2D eigenvalue weighted by Crippen LogP contribution is -2.42. The van der Waals surface area contributed by atoms with Crippen LogP contribution in [-0.2, 0) is 32.7 Å². The van der Waals surface area contributed by atoms with E-state index in [1.807, 2.05) is 19.9 Å². The molecule has 0 aliphatic carbocycles. The third-order valence-electron chi connectivity index (χ3n) is 4.36. The molecule has 0 atom stereocenters. The molecular formula is C21H23N5O5S. The predicted molar refractivity (Wildman–Crippen MR) is 116 cm³/mol. The minimum atomic E-state index is -3.70. The minimum Gasteiger partial charge on any atom is -0.468 e. The molecule has 2 heterocycles. The van der Waals surface area contributed by atoms with Gasteiger partial charge in [-0.05, 0) is 55.8 Å². The van der Waals surface area contributed by atoms with Crippen molar-refractivity contribution in [2.75, 3.05) is 0 Å². The van der Waals surface area contributed by atoms with Gasteiger partial charge in [-0.3, -0.25) is 25.1 Å². The topological polar surface area (TPSA) is 135 Å². The first-order valence-electron chi connectivity index (χ1n) is 9.63. The minimum absolute atomic E-state index is 0.0203. The van der Waals surface area contributed by atoms with Gasteiger partial charge in [0, 0.05) is 11.8 Å². The average molecular weight is 458 g/mol. The number of carbonyl (C=O) groups is 2. The molecule has 0 radical (unpaired) electrons. The Morgan fingerprint density at radius 3 is 2.50 bits per heavy atom. The van der Waals surface area contributed by atoms with Gasteiger partial charge in [-0.15, -0.1) is 0 Å². The monoisotopic (exact) mass is 457 g/mol. The van der Waals surface area contributed by atoms with Gasteiger partial charge in [0.25, 0.3) is 11.8 Å².